The Morgan fingerprint density at radius 2 is 2.17 bits per heavy atom. The summed E-state index contributed by atoms with van der Waals surface area (Å²) in [4.78, 5) is 18.2. The minimum absolute atomic E-state index is 0.00391. The van der Waals surface area contributed by atoms with Gasteiger partial charge in [0.05, 0.1) is 13.2 Å². The SMILES string of the molecule is Nc1nc(-c2cccc(NC(=O)NCCN3CCOCC3)c2)no1. The molecule has 2 amide bonds. The molecule has 0 spiro atoms. The number of ether oxygens (including phenoxy) is 1. The lowest BCUT2D eigenvalue weighted by Crippen LogP contribution is -2.42. The highest BCUT2D eigenvalue weighted by Gasteiger charge is 2.11. The van der Waals surface area contributed by atoms with E-state index in [2.05, 4.69) is 25.7 Å². The van der Waals surface area contributed by atoms with E-state index in [1.807, 2.05) is 6.07 Å². The van der Waals surface area contributed by atoms with Gasteiger partial charge in [-0.25, -0.2) is 4.79 Å². The van der Waals surface area contributed by atoms with E-state index in [1.165, 1.54) is 0 Å². The van der Waals surface area contributed by atoms with Crippen LogP contribution in [0.15, 0.2) is 28.8 Å². The summed E-state index contributed by atoms with van der Waals surface area (Å²) in [7, 11) is 0. The Morgan fingerprint density at radius 1 is 1.33 bits per heavy atom. The number of nitrogens with two attached hydrogens (primary N) is 1. The summed E-state index contributed by atoms with van der Waals surface area (Å²) in [5.74, 6) is 0.379. The number of anilines is 2. The maximum Gasteiger partial charge on any atom is 0.319 e. The number of benzene rings is 1. The normalized spacial score (nSPS) is 15.2. The molecule has 1 aromatic carbocycles. The number of morpholine rings is 1. The van der Waals surface area contributed by atoms with Crippen LogP contribution in [0.5, 0.6) is 0 Å². The van der Waals surface area contributed by atoms with Gasteiger partial charge in [0, 0.05) is 37.4 Å². The second-order valence-corrected chi connectivity index (χ2v) is 5.37. The Bertz CT molecular complexity index is 683. The van der Waals surface area contributed by atoms with Crippen LogP contribution in [-0.4, -0.2) is 60.5 Å². The van der Waals surface area contributed by atoms with Crippen molar-refractivity contribution in [2.45, 2.75) is 0 Å². The van der Waals surface area contributed by atoms with Crippen LogP contribution in [-0.2, 0) is 4.74 Å². The van der Waals surface area contributed by atoms with Crippen LogP contribution < -0.4 is 16.4 Å². The van der Waals surface area contributed by atoms with Crippen molar-refractivity contribution in [2.24, 2.45) is 0 Å². The van der Waals surface area contributed by atoms with Gasteiger partial charge in [0.2, 0.25) is 5.82 Å². The summed E-state index contributed by atoms with van der Waals surface area (Å²) >= 11 is 0. The molecule has 0 bridgehead atoms. The van der Waals surface area contributed by atoms with Crippen LogP contribution >= 0.6 is 0 Å². The van der Waals surface area contributed by atoms with Crippen LogP contribution in [0.4, 0.5) is 16.5 Å². The number of hydrogen-bond donors (Lipinski definition) is 3. The third kappa shape index (κ3) is 4.43. The van der Waals surface area contributed by atoms with E-state index in [0.29, 0.717) is 23.6 Å². The Kier molecular flexibility index (Phi) is 5.24. The van der Waals surface area contributed by atoms with E-state index >= 15 is 0 Å². The molecule has 0 saturated carbocycles. The fourth-order valence-corrected chi connectivity index (χ4v) is 2.42. The number of carbonyl (C=O) groups is 1. The van der Waals surface area contributed by atoms with Gasteiger partial charge >= 0.3 is 12.0 Å². The smallest absolute Gasteiger partial charge is 0.319 e. The van der Waals surface area contributed by atoms with Crippen molar-refractivity contribution >= 4 is 17.7 Å². The summed E-state index contributed by atoms with van der Waals surface area (Å²) < 4.78 is 10.0. The number of nitrogens with one attached hydrogen (secondary N) is 2. The molecule has 0 aliphatic carbocycles. The zero-order valence-electron chi connectivity index (χ0n) is 13.2. The number of hydrogen-bond acceptors (Lipinski definition) is 7. The molecule has 24 heavy (non-hydrogen) atoms. The van der Waals surface area contributed by atoms with E-state index in [4.69, 9.17) is 15.0 Å². The highest BCUT2D eigenvalue weighted by Crippen LogP contribution is 2.20. The minimum atomic E-state index is -0.256. The van der Waals surface area contributed by atoms with Crippen molar-refractivity contribution in [3.63, 3.8) is 0 Å². The summed E-state index contributed by atoms with van der Waals surface area (Å²) in [5.41, 5.74) is 6.77. The van der Waals surface area contributed by atoms with Crippen LogP contribution in [0, 0.1) is 0 Å². The standard InChI is InChI=1S/C15H20N6O3/c16-14-19-13(20-24-14)11-2-1-3-12(10-11)18-15(22)17-4-5-21-6-8-23-9-7-21/h1-3,10H,4-9H2,(H2,16,19,20)(H2,17,18,22). The molecule has 2 aromatic rings. The van der Waals surface area contributed by atoms with Gasteiger partial charge in [0.1, 0.15) is 0 Å². The minimum Gasteiger partial charge on any atom is -0.379 e. The van der Waals surface area contributed by atoms with Gasteiger partial charge in [0.15, 0.2) is 0 Å². The Hall–Kier alpha value is -2.65. The van der Waals surface area contributed by atoms with E-state index < -0.39 is 0 Å². The molecular weight excluding hydrogens is 312 g/mol. The van der Waals surface area contributed by atoms with Crippen LogP contribution in [0.3, 0.4) is 0 Å². The Morgan fingerprint density at radius 3 is 2.92 bits per heavy atom. The lowest BCUT2D eigenvalue weighted by atomic mass is 10.2. The van der Waals surface area contributed by atoms with E-state index in [1.54, 1.807) is 18.2 Å². The fourth-order valence-electron chi connectivity index (χ4n) is 2.42. The molecule has 3 rings (SSSR count). The predicted molar refractivity (Wildman–Crippen MR) is 88.4 cm³/mol. The fraction of sp³-hybridized carbons (Fsp3) is 0.400. The average molecular weight is 332 g/mol. The molecule has 9 heteroatoms. The second-order valence-electron chi connectivity index (χ2n) is 5.37. The van der Waals surface area contributed by atoms with Gasteiger partial charge in [-0.1, -0.05) is 17.3 Å². The zero-order valence-corrected chi connectivity index (χ0v) is 13.2. The first kappa shape index (κ1) is 16.2. The topological polar surface area (TPSA) is 119 Å². The molecule has 0 unspecified atom stereocenters. The number of amides is 2. The third-order valence-corrected chi connectivity index (χ3v) is 3.64. The predicted octanol–water partition coefficient (Wildman–Crippen LogP) is 0.772. The average Bonchev–Trinajstić information content (AvgIpc) is 3.03. The van der Waals surface area contributed by atoms with Crippen molar-refractivity contribution in [3.8, 4) is 11.4 Å². The van der Waals surface area contributed by atoms with Crippen LogP contribution in [0.1, 0.15) is 0 Å². The first-order chi connectivity index (χ1) is 11.7. The first-order valence-electron chi connectivity index (χ1n) is 7.75. The number of aromatic nitrogens is 2. The molecule has 1 fully saturated rings. The van der Waals surface area contributed by atoms with Gasteiger partial charge < -0.3 is 25.6 Å². The van der Waals surface area contributed by atoms with Gasteiger partial charge in [-0.05, 0) is 12.1 Å². The lowest BCUT2D eigenvalue weighted by Gasteiger charge is -2.26. The van der Waals surface area contributed by atoms with Gasteiger partial charge in [-0.3, -0.25) is 4.90 Å². The highest BCUT2D eigenvalue weighted by molar-refractivity contribution is 5.89. The van der Waals surface area contributed by atoms with Gasteiger partial charge in [0.25, 0.3) is 0 Å². The first-order valence-corrected chi connectivity index (χ1v) is 7.75. The third-order valence-electron chi connectivity index (χ3n) is 3.64. The summed E-state index contributed by atoms with van der Waals surface area (Å²) in [6.45, 7) is 4.68. The quantitative estimate of drug-likeness (QED) is 0.740. The van der Waals surface area contributed by atoms with Crippen molar-refractivity contribution in [2.75, 3.05) is 50.4 Å². The lowest BCUT2D eigenvalue weighted by molar-refractivity contribution is 0.0388. The van der Waals surface area contributed by atoms with Gasteiger partial charge in [-0.2, -0.15) is 4.98 Å². The Balaban J connectivity index is 1.49. The summed E-state index contributed by atoms with van der Waals surface area (Å²) in [6, 6.07) is 6.90. The highest BCUT2D eigenvalue weighted by atomic mass is 16.5. The largest absolute Gasteiger partial charge is 0.379 e. The number of urea groups is 1. The number of nitrogens with zero attached hydrogens (tertiary/aromatic N) is 3. The second kappa shape index (κ2) is 7.75. The number of nitrogen functional groups attached to an aromatic ring is 1. The van der Waals surface area contributed by atoms with E-state index in [9.17, 15) is 4.79 Å². The van der Waals surface area contributed by atoms with E-state index in [0.717, 1.165) is 32.8 Å². The molecule has 1 aliphatic rings. The van der Waals surface area contributed by atoms with Crippen molar-refractivity contribution in [3.05, 3.63) is 24.3 Å². The molecule has 4 N–H and O–H groups in total. The van der Waals surface area contributed by atoms with E-state index in [-0.39, 0.29) is 12.0 Å². The molecular formula is C15H20N6O3. The zero-order chi connectivity index (χ0) is 16.8. The molecule has 9 nitrogen and oxygen atoms in total. The molecule has 0 atom stereocenters. The number of rotatable bonds is 5. The van der Waals surface area contributed by atoms with Crippen molar-refractivity contribution < 1.29 is 14.1 Å². The molecule has 1 aromatic heterocycles. The summed E-state index contributed by atoms with van der Waals surface area (Å²) in [6.07, 6.45) is 0. The molecule has 1 saturated heterocycles. The maximum atomic E-state index is 12.0. The van der Waals surface area contributed by atoms with Gasteiger partial charge in [-0.15, -0.1) is 0 Å². The number of carbonyl (C=O) groups excluding carboxylic acids is 1. The monoisotopic (exact) mass is 332 g/mol. The van der Waals surface area contributed by atoms with Crippen LogP contribution in [0.2, 0.25) is 0 Å². The molecule has 1 aliphatic heterocycles. The Labute approximate surface area is 139 Å². The van der Waals surface area contributed by atoms with Crippen LogP contribution in [0.25, 0.3) is 11.4 Å². The molecule has 0 radical (unpaired) electrons. The maximum absolute atomic E-state index is 12.0. The molecule has 128 valence electrons. The van der Waals surface area contributed by atoms with Crippen molar-refractivity contribution in [1.82, 2.24) is 20.4 Å². The summed E-state index contributed by atoms with van der Waals surface area (Å²) in [5, 5.41) is 9.38. The van der Waals surface area contributed by atoms with Crippen molar-refractivity contribution in [1.29, 1.82) is 0 Å². The molecule has 2 heterocycles.